The minimum atomic E-state index is 0.875. The lowest BCUT2D eigenvalue weighted by molar-refractivity contribution is 0.669. The molecule has 0 spiro atoms. The average molecular weight is 753 g/mol. The lowest BCUT2D eigenvalue weighted by Crippen LogP contribution is -2.10. The first-order valence-corrected chi connectivity index (χ1v) is 20.2. The van der Waals surface area contributed by atoms with Crippen molar-refractivity contribution in [2.75, 3.05) is 4.90 Å². The molecule has 0 unspecified atom stereocenters. The Morgan fingerprint density at radius 3 is 1.73 bits per heavy atom. The average Bonchev–Trinajstić information content (AvgIpc) is 3.84. The summed E-state index contributed by atoms with van der Waals surface area (Å²) in [6, 6.07) is 78.6. The molecular formula is C56H36N2O. The van der Waals surface area contributed by atoms with E-state index in [0.717, 1.165) is 61.3 Å². The molecule has 12 aromatic rings. The van der Waals surface area contributed by atoms with Crippen LogP contribution in [0, 0.1) is 0 Å². The molecule has 59 heavy (non-hydrogen) atoms. The molecule has 0 amide bonds. The van der Waals surface area contributed by atoms with Gasteiger partial charge in [-0.3, -0.25) is 0 Å². The van der Waals surface area contributed by atoms with Gasteiger partial charge in [0.2, 0.25) is 0 Å². The molecule has 2 heterocycles. The van der Waals surface area contributed by atoms with E-state index in [2.05, 4.69) is 228 Å². The van der Waals surface area contributed by atoms with Crippen LogP contribution in [0.15, 0.2) is 223 Å². The van der Waals surface area contributed by atoms with Gasteiger partial charge in [0.25, 0.3) is 0 Å². The van der Waals surface area contributed by atoms with Gasteiger partial charge in [0.15, 0.2) is 0 Å². The molecule has 0 aliphatic carbocycles. The molecule has 0 saturated heterocycles. The van der Waals surface area contributed by atoms with Crippen molar-refractivity contribution in [3.05, 3.63) is 218 Å². The minimum absolute atomic E-state index is 0.875. The van der Waals surface area contributed by atoms with Crippen molar-refractivity contribution >= 4 is 82.4 Å². The summed E-state index contributed by atoms with van der Waals surface area (Å²) in [5.74, 6) is 0. The molecule has 12 rings (SSSR count). The van der Waals surface area contributed by atoms with Crippen LogP contribution in [-0.2, 0) is 0 Å². The quantitative estimate of drug-likeness (QED) is 0.158. The fraction of sp³-hybridized carbons (Fsp3) is 0. The van der Waals surface area contributed by atoms with Crippen LogP contribution in [0.2, 0.25) is 0 Å². The molecule has 3 heteroatoms. The van der Waals surface area contributed by atoms with Gasteiger partial charge in [-0.25, -0.2) is 0 Å². The van der Waals surface area contributed by atoms with Gasteiger partial charge in [-0.1, -0.05) is 152 Å². The molecule has 0 aliphatic heterocycles. The van der Waals surface area contributed by atoms with Crippen LogP contribution < -0.4 is 4.90 Å². The third kappa shape index (κ3) is 5.29. The number of aromatic nitrogens is 1. The number of fused-ring (bicyclic) bond motifs is 9. The summed E-state index contributed by atoms with van der Waals surface area (Å²) in [7, 11) is 0. The van der Waals surface area contributed by atoms with Gasteiger partial charge in [-0.05, 0) is 93.5 Å². The summed E-state index contributed by atoms with van der Waals surface area (Å²) in [5.41, 5.74) is 13.1. The SMILES string of the molecule is c1ccc(-c2ccc3c(c2)c2c(-c4ccccc4)c4c(cc2n3-c2ccc(N(c3ccccc3)c3cc5ccccc5c5ccccc35)cc2)oc2ccccc24)cc1. The number of hydrogen-bond acceptors (Lipinski definition) is 2. The third-order valence-corrected chi connectivity index (χ3v) is 11.9. The Kier molecular flexibility index (Phi) is 7.54. The maximum atomic E-state index is 6.70. The molecular weight excluding hydrogens is 717 g/mol. The van der Waals surface area contributed by atoms with Gasteiger partial charge in [-0.2, -0.15) is 0 Å². The van der Waals surface area contributed by atoms with Crippen LogP contribution in [0.5, 0.6) is 0 Å². The van der Waals surface area contributed by atoms with Gasteiger partial charge in [0.1, 0.15) is 11.2 Å². The van der Waals surface area contributed by atoms with Crippen LogP contribution in [0.3, 0.4) is 0 Å². The van der Waals surface area contributed by atoms with Gasteiger partial charge in [-0.15, -0.1) is 0 Å². The van der Waals surface area contributed by atoms with Crippen molar-refractivity contribution in [3.8, 4) is 27.9 Å². The second kappa shape index (κ2) is 13.4. The van der Waals surface area contributed by atoms with Crippen molar-refractivity contribution < 1.29 is 4.42 Å². The number of benzene rings is 10. The summed E-state index contributed by atoms with van der Waals surface area (Å²) in [6.07, 6.45) is 0. The minimum Gasteiger partial charge on any atom is -0.456 e. The monoisotopic (exact) mass is 752 g/mol. The van der Waals surface area contributed by atoms with Crippen LogP contribution >= 0.6 is 0 Å². The highest BCUT2D eigenvalue weighted by atomic mass is 16.3. The van der Waals surface area contributed by atoms with E-state index in [1.165, 1.54) is 49.0 Å². The molecule has 0 atom stereocenters. The van der Waals surface area contributed by atoms with Crippen molar-refractivity contribution in [1.29, 1.82) is 0 Å². The molecule has 276 valence electrons. The van der Waals surface area contributed by atoms with Crippen molar-refractivity contribution in [3.63, 3.8) is 0 Å². The standard InChI is InChI=1S/C56H36N2O/c1-4-16-37(17-5-1)39-28-33-49-48(34-39)55-51(36-53-56(47-26-14-15-27-52(47)59-53)54(55)38-18-6-2-7-19-38)58(49)43-31-29-42(30-32-43)57(41-21-8-3-9-22-41)50-35-40-20-10-11-23-44(40)45-24-12-13-25-46(45)50/h1-36H. The molecule has 0 fully saturated rings. The highest BCUT2D eigenvalue weighted by Crippen LogP contribution is 2.48. The summed E-state index contributed by atoms with van der Waals surface area (Å²) in [6.45, 7) is 0. The van der Waals surface area contributed by atoms with Gasteiger partial charge >= 0.3 is 0 Å². The van der Waals surface area contributed by atoms with Crippen molar-refractivity contribution in [2.24, 2.45) is 0 Å². The lowest BCUT2D eigenvalue weighted by Gasteiger charge is -2.27. The number of hydrogen-bond donors (Lipinski definition) is 0. The molecule has 0 radical (unpaired) electrons. The molecule has 2 aromatic heterocycles. The topological polar surface area (TPSA) is 21.3 Å². The van der Waals surface area contributed by atoms with E-state index in [4.69, 9.17) is 4.42 Å². The zero-order chi connectivity index (χ0) is 38.9. The Bertz CT molecular complexity index is 3530. The van der Waals surface area contributed by atoms with Gasteiger partial charge < -0.3 is 13.9 Å². The predicted octanol–water partition coefficient (Wildman–Crippen LogP) is 15.8. The first-order chi connectivity index (χ1) is 29.3. The van der Waals surface area contributed by atoms with Crippen LogP contribution in [-0.4, -0.2) is 4.57 Å². The molecule has 10 aromatic carbocycles. The maximum absolute atomic E-state index is 6.70. The molecule has 0 saturated carbocycles. The summed E-state index contributed by atoms with van der Waals surface area (Å²) in [4.78, 5) is 2.39. The number of rotatable bonds is 6. The van der Waals surface area contributed by atoms with Crippen molar-refractivity contribution in [1.82, 2.24) is 4.57 Å². The van der Waals surface area contributed by atoms with Crippen molar-refractivity contribution in [2.45, 2.75) is 0 Å². The largest absolute Gasteiger partial charge is 0.456 e. The van der Waals surface area contributed by atoms with E-state index in [1.807, 2.05) is 0 Å². The normalized spacial score (nSPS) is 11.7. The number of para-hydroxylation sites is 2. The number of furan rings is 1. The zero-order valence-corrected chi connectivity index (χ0v) is 32.1. The first-order valence-electron chi connectivity index (χ1n) is 20.2. The Balaban J connectivity index is 1.13. The Morgan fingerprint density at radius 1 is 0.356 bits per heavy atom. The van der Waals surface area contributed by atoms with Gasteiger partial charge in [0, 0.05) is 55.6 Å². The smallest absolute Gasteiger partial charge is 0.138 e. The Labute approximate surface area is 341 Å². The van der Waals surface area contributed by atoms with Crippen LogP contribution in [0.25, 0.3) is 93.2 Å². The number of anilines is 3. The Hall–Kier alpha value is -7.88. The highest BCUT2D eigenvalue weighted by molar-refractivity contribution is 6.27. The molecule has 0 bridgehead atoms. The van der Waals surface area contributed by atoms with Gasteiger partial charge in [0.05, 0.1) is 16.7 Å². The highest BCUT2D eigenvalue weighted by Gasteiger charge is 2.24. The summed E-state index contributed by atoms with van der Waals surface area (Å²) < 4.78 is 9.11. The van der Waals surface area contributed by atoms with E-state index >= 15 is 0 Å². The van der Waals surface area contributed by atoms with E-state index in [9.17, 15) is 0 Å². The van der Waals surface area contributed by atoms with Crippen LogP contribution in [0.4, 0.5) is 17.1 Å². The van der Waals surface area contributed by atoms with E-state index in [1.54, 1.807) is 0 Å². The first kappa shape index (κ1) is 33.3. The second-order valence-corrected chi connectivity index (χ2v) is 15.3. The lowest BCUT2D eigenvalue weighted by atomic mass is 9.93. The van der Waals surface area contributed by atoms with E-state index < -0.39 is 0 Å². The maximum Gasteiger partial charge on any atom is 0.138 e. The molecule has 0 aliphatic rings. The summed E-state index contributed by atoms with van der Waals surface area (Å²) >= 11 is 0. The second-order valence-electron chi connectivity index (χ2n) is 15.3. The Morgan fingerprint density at radius 2 is 0.966 bits per heavy atom. The molecule has 3 nitrogen and oxygen atoms in total. The van der Waals surface area contributed by atoms with E-state index in [-0.39, 0.29) is 0 Å². The predicted molar refractivity (Wildman–Crippen MR) is 249 cm³/mol. The third-order valence-electron chi connectivity index (χ3n) is 11.9. The fourth-order valence-electron chi connectivity index (χ4n) is 9.34. The zero-order valence-electron chi connectivity index (χ0n) is 32.1. The molecule has 0 N–H and O–H groups in total. The van der Waals surface area contributed by atoms with E-state index in [0.29, 0.717) is 0 Å². The van der Waals surface area contributed by atoms with Crippen LogP contribution in [0.1, 0.15) is 0 Å². The summed E-state index contributed by atoms with van der Waals surface area (Å²) in [5, 5.41) is 9.58. The number of nitrogens with zero attached hydrogens (tertiary/aromatic N) is 2. The fourth-order valence-corrected chi connectivity index (χ4v) is 9.34.